The zero-order valence-corrected chi connectivity index (χ0v) is 11.4. The summed E-state index contributed by atoms with van der Waals surface area (Å²) >= 11 is 0. The van der Waals surface area contributed by atoms with E-state index < -0.39 is 11.4 Å². The van der Waals surface area contributed by atoms with Crippen LogP contribution in [0.2, 0.25) is 0 Å². The van der Waals surface area contributed by atoms with Crippen molar-refractivity contribution >= 4 is 5.97 Å². The number of ether oxygens (including phenoxy) is 1. The maximum absolute atomic E-state index is 11.5. The topological polar surface area (TPSA) is 90.1 Å². The molecule has 1 aliphatic heterocycles. The summed E-state index contributed by atoms with van der Waals surface area (Å²) in [5.74, 6) is -0.156. The van der Waals surface area contributed by atoms with E-state index in [0.29, 0.717) is 25.3 Å². The molecule has 0 bridgehead atoms. The molecule has 1 aromatic rings. The molecule has 1 atom stereocenters. The molecule has 1 aliphatic rings. The zero-order chi connectivity index (χ0) is 13.9. The van der Waals surface area contributed by atoms with Gasteiger partial charge >= 0.3 is 5.97 Å². The third-order valence-electron chi connectivity index (χ3n) is 4.04. The lowest BCUT2D eigenvalue weighted by atomic mass is 9.82. The number of carbonyl (C=O) groups is 1. The Morgan fingerprint density at radius 3 is 2.79 bits per heavy atom. The van der Waals surface area contributed by atoms with Crippen molar-refractivity contribution in [2.75, 3.05) is 6.61 Å². The molecule has 2 rings (SSSR count). The first kappa shape index (κ1) is 13.9. The molecule has 0 aliphatic carbocycles. The van der Waals surface area contributed by atoms with Gasteiger partial charge in [0.2, 0.25) is 0 Å². The Labute approximate surface area is 111 Å². The van der Waals surface area contributed by atoms with E-state index in [1.54, 1.807) is 4.68 Å². The van der Waals surface area contributed by atoms with Gasteiger partial charge in [0.15, 0.2) is 5.82 Å². The smallest absolute Gasteiger partial charge is 0.311 e. The normalized spacial score (nSPS) is 19.8. The molecule has 0 saturated carbocycles. The van der Waals surface area contributed by atoms with E-state index >= 15 is 0 Å². The summed E-state index contributed by atoms with van der Waals surface area (Å²) in [6.07, 6.45) is 2.87. The quantitative estimate of drug-likeness (QED) is 0.839. The third kappa shape index (κ3) is 2.60. The number of tetrazole rings is 1. The maximum Gasteiger partial charge on any atom is 0.311 e. The molecule has 7 heteroatoms. The number of carboxylic acid groups (broad SMARTS) is 1. The Kier molecular flexibility index (Phi) is 4.14. The van der Waals surface area contributed by atoms with Gasteiger partial charge in [-0.25, -0.2) is 4.68 Å². The molecule has 1 fully saturated rings. The highest BCUT2D eigenvalue weighted by Crippen LogP contribution is 2.32. The van der Waals surface area contributed by atoms with Crippen molar-refractivity contribution < 1.29 is 14.6 Å². The molecule has 0 radical (unpaired) electrons. The highest BCUT2D eigenvalue weighted by Gasteiger charge is 2.37. The number of hydrogen-bond acceptors (Lipinski definition) is 5. The predicted molar refractivity (Wildman–Crippen MR) is 66.4 cm³/mol. The first-order chi connectivity index (χ1) is 9.13. The second kappa shape index (κ2) is 5.64. The lowest BCUT2D eigenvalue weighted by Gasteiger charge is -2.26. The number of hydrogen-bond donors (Lipinski definition) is 1. The van der Waals surface area contributed by atoms with Crippen LogP contribution < -0.4 is 0 Å². The van der Waals surface area contributed by atoms with E-state index in [4.69, 9.17) is 4.74 Å². The van der Waals surface area contributed by atoms with Crippen LogP contribution in [0.25, 0.3) is 0 Å². The van der Waals surface area contributed by atoms with Crippen molar-refractivity contribution in [3.8, 4) is 0 Å². The zero-order valence-electron chi connectivity index (χ0n) is 11.4. The fraction of sp³-hybridized carbons (Fsp3) is 0.833. The van der Waals surface area contributed by atoms with E-state index in [1.165, 1.54) is 0 Å². The van der Waals surface area contributed by atoms with Crippen LogP contribution in [-0.4, -0.2) is 37.9 Å². The van der Waals surface area contributed by atoms with Gasteiger partial charge in [-0.3, -0.25) is 4.79 Å². The lowest BCUT2D eigenvalue weighted by molar-refractivity contribution is -0.150. The summed E-state index contributed by atoms with van der Waals surface area (Å²) in [6, 6.07) is 0. The molecule has 2 heterocycles. The van der Waals surface area contributed by atoms with E-state index in [1.807, 2.05) is 13.8 Å². The first-order valence-electron chi connectivity index (χ1n) is 6.74. The fourth-order valence-electron chi connectivity index (χ4n) is 2.47. The van der Waals surface area contributed by atoms with E-state index in [0.717, 1.165) is 12.8 Å². The van der Waals surface area contributed by atoms with Crippen LogP contribution in [0.15, 0.2) is 0 Å². The Bertz CT molecular complexity index is 436. The maximum atomic E-state index is 11.5. The second-order valence-electron chi connectivity index (χ2n) is 4.99. The SMILES string of the molecule is CCC(CC)(Cn1nnnc1C1CCCO1)C(=O)O. The van der Waals surface area contributed by atoms with Crippen LogP contribution in [0.1, 0.15) is 51.5 Å². The van der Waals surface area contributed by atoms with Crippen LogP contribution in [0.5, 0.6) is 0 Å². The Morgan fingerprint density at radius 2 is 2.26 bits per heavy atom. The average Bonchev–Trinajstić information content (AvgIpc) is 3.06. The van der Waals surface area contributed by atoms with Crippen molar-refractivity contribution in [2.45, 2.75) is 52.2 Å². The standard InChI is InChI=1S/C12H20N4O3/c1-3-12(4-2,11(17)18)8-16-10(13-14-15-16)9-6-5-7-19-9/h9H,3-8H2,1-2H3,(H,17,18). The molecule has 106 valence electrons. The van der Waals surface area contributed by atoms with Gasteiger partial charge in [0, 0.05) is 6.61 Å². The van der Waals surface area contributed by atoms with Gasteiger partial charge in [0.1, 0.15) is 6.10 Å². The highest BCUT2D eigenvalue weighted by atomic mass is 16.5. The second-order valence-corrected chi connectivity index (χ2v) is 4.99. The van der Waals surface area contributed by atoms with Crippen LogP contribution in [0, 0.1) is 5.41 Å². The Hall–Kier alpha value is -1.50. The molecule has 0 amide bonds. The summed E-state index contributed by atoms with van der Waals surface area (Å²) in [6.45, 7) is 4.77. The molecule has 1 saturated heterocycles. The largest absolute Gasteiger partial charge is 0.481 e. The monoisotopic (exact) mass is 268 g/mol. The predicted octanol–water partition coefficient (Wildman–Crippen LogP) is 1.42. The molecule has 1 aromatic heterocycles. The van der Waals surface area contributed by atoms with Crippen molar-refractivity contribution in [1.29, 1.82) is 0 Å². The van der Waals surface area contributed by atoms with Crippen LogP contribution in [0.3, 0.4) is 0 Å². The van der Waals surface area contributed by atoms with Crippen LogP contribution in [0.4, 0.5) is 0 Å². The average molecular weight is 268 g/mol. The van der Waals surface area contributed by atoms with E-state index in [9.17, 15) is 9.90 Å². The molecule has 0 aromatic carbocycles. The molecule has 0 spiro atoms. The number of aliphatic carboxylic acids is 1. The van der Waals surface area contributed by atoms with E-state index in [2.05, 4.69) is 15.5 Å². The summed E-state index contributed by atoms with van der Waals surface area (Å²) in [5.41, 5.74) is -0.817. The van der Waals surface area contributed by atoms with Gasteiger partial charge in [0.05, 0.1) is 12.0 Å². The number of carboxylic acids is 1. The fourth-order valence-corrected chi connectivity index (χ4v) is 2.47. The summed E-state index contributed by atoms with van der Waals surface area (Å²) < 4.78 is 7.16. The Balaban J connectivity index is 2.22. The minimum atomic E-state index is -0.817. The Morgan fingerprint density at radius 1 is 1.53 bits per heavy atom. The lowest BCUT2D eigenvalue weighted by Crippen LogP contribution is -2.35. The van der Waals surface area contributed by atoms with Crippen molar-refractivity contribution in [2.24, 2.45) is 5.41 Å². The molecular formula is C12H20N4O3. The number of aromatic nitrogens is 4. The summed E-state index contributed by atoms with van der Waals surface area (Å²) in [7, 11) is 0. The molecule has 1 unspecified atom stereocenters. The molecule has 1 N–H and O–H groups in total. The highest BCUT2D eigenvalue weighted by molar-refractivity contribution is 5.74. The molecular weight excluding hydrogens is 248 g/mol. The van der Waals surface area contributed by atoms with Crippen LogP contribution in [-0.2, 0) is 16.1 Å². The summed E-state index contributed by atoms with van der Waals surface area (Å²) in [5, 5.41) is 21.1. The van der Waals surface area contributed by atoms with Crippen LogP contribution >= 0.6 is 0 Å². The van der Waals surface area contributed by atoms with E-state index in [-0.39, 0.29) is 12.6 Å². The van der Waals surface area contributed by atoms with Gasteiger partial charge in [-0.1, -0.05) is 13.8 Å². The van der Waals surface area contributed by atoms with Gasteiger partial charge < -0.3 is 9.84 Å². The third-order valence-corrected chi connectivity index (χ3v) is 4.04. The van der Waals surface area contributed by atoms with Crippen molar-refractivity contribution in [1.82, 2.24) is 20.2 Å². The van der Waals surface area contributed by atoms with Gasteiger partial charge in [-0.15, -0.1) is 5.10 Å². The number of nitrogens with zero attached hydrogens (tertiary/aromatic N) is 4. The summed E-state index contributed by atoms with van der Waals surface area (Å²) in [4.78, 5) is 11.5. The number of rotatable bonds is 6. The minimum absolute atomic E-state index is 0.102. The molecule has 19 heavy (non-hydrogen) atoms. The first-order valence-corrected chi connectivity index (χ1v) is 6.74. The minimum Gasteiger partial charge on any atom is -0.481 e. The molecule has 7 nitrogen and oxygen atoms in total. The van der Waals surface area contributed by atoms with Crippen molar-refractivity contribution in [3.05, 3.63) is 5.82 Å². The van der Waals surface area contributed by atoms with Gasteiger partial charge in [-0.2, -0.15) is 0 Å². The van der Waals surface area contributed by atoms with Gasteiger partial charge in [-0.05, 0) is 36.1 Å². The van der Waals surface area contributed by atoms with Gasteiger partial charge in [0.25, 0.3) is 0 Å². The van der Waals surface area contributed by atoms with Crippen molar-refractivity contribution in [3.63, 3.8) is 0 Å².